The molecular weight excluding hydrogens is 209 g/mol. The van der Waals surface area contributed by atoms with E-state index in [0.717, 1.165) is 0 Å². The number of urea groups is 1. The quantitative estimate of drug-likeness (QED) is 0.848. The van der Waals surface area contributed by atoms with Crippen molar-refractivity contribution < 1.29 is 9.18 Å². The molecule has 0 saturated carbocycles. The first-order chi connectivity index (χ1) is 7.69. The van der Waals surface area contributed by atoms with Gasteiger partial charge < -0.3 is 10.2 Å². The minimum Gasteiger partial charge on any atom is -0.332 e. The van der Waals surface area contributed by atoms with Gasteiger partial charge in [-0.2, -0.15) is 0 Å². The molecule has 4 nitrogen and oxygen atoms in total. The van der Waals surface area contributed by atoms with Crippen LogP contribution in [0.1, 0.15) is 19.5 Å². The Hall–Kier alpha value is -1.65. The molecule has 1 N–H and O–H groups in total. The highest BCUT2D eigenvalue weighted by Gasteiger charge is 2.09. The molecule has 0 bridgehead atoms. The summed E-state index contributed by atoms with van der Waals surface area (Å²) in [5.41, 5.74) is 0.253. The van der Waals surface area contributed by atoms with Gasteiger partial charge in [0.15, 0.2) is 0 Å². The number of pyridine rings is 1. The number of hydrogen-bond donors (Lipinski definition) is 1. The summed E-state index contributed by atoms with van der Waals surface area (Å²) < 4.78 is 13.2. The van der Waals surface area contributed by atoms with Gasteiger partial charge in [-0.15, -0.1) is 0 Å². The maximum atomic E-state index is 13.2. The van der Waals surface area contributed by atoms with E-state index in [0.29, 0.717) is 13.1 Å². The second-order valence-electron chi connectivity index (χ2n) is 3.26. The van der Waals surface area contributed by atoms with Crippen molar-refractivity contribution in [1.82, 2.24) is 15.2 Å². The van der Waals surface area contributed by atoms with Crippen LogP contribution < -0.4 is 5.32 Å². The van der Waals surface area contributed by atoms with E-state index in [2.05, 4.69) is 10.3 Å². The number of nitrogens with one attached hydrogen (secondary N) is 1. The highest BCUT2D eigenvalue weighted by Crippen LogP contribution is 2.01. The van der Waals surface area contributed by atoms with Crippen molar-refractivity contribution in [3.8, 4) is 0 Å². The van der Waals surface area contributed by atoms with Gasteiger partial charge in [0.05, 0.1) is 12.2 Å². The summed E-state index contributed by atoms with van der Waals surface area (Å²) in [5, 5.41) is 2.63. The number of halogens is 1. The predicted molar refractivity (Wildman–Crippen MR) is 59.4 cm³/mol. The van der Waals surface area contributed by atoms with Gasteiger partial charge in [-0.05, 0) is 26.0 Å². The second-order valence-corrected chi connectivity index (χ2v) is 3.26. The number of hydrogen-bond acceptors (Lipinski definition) is 2. The van der Waals surface area contributed by atoms with Crippen LogP contribution in [0.15, 0.2) is 18.3 Å². The zero-order valence-electron chi connectivity index (χ0n) is 9.53. The monoisotopic (exact) mass is 225 g/mol. The Labute approximate surface area is 94.5 Å². The third kappa shape index (κ3) is 3.18. The zero-order chi connectivity index (χ0) is 12.0. The van der Waals surface area contributed by atoms with E-state index >= 15 is 0 Å². The van der Waals surface area contributed by atoms with Crippen molar-refractivity contribution in [2.75, 3.05) is 13.1 Å². The molecule has 88 valence electrons. The van der Waals surface area contributed by atoms with E-state index in [1.165, 1.54) is 18.3 Å². The first kappa shape index (κ1) is 12.4. The number of carbonyl (C=O) groups is 1. The third-order valence-electron chi connectivity index (χ3n) is 2.29. The Kier molecular flexibility index (Phi) is 4.69. The molecular formula is C11H16FN3O. The van der Waals surface area contributed by atoms with E-state index in [-0.39, 0.29) is 18.3 Å². The molecule has 0 spiro atoms. The number of carbonyl (C=O) groups excluding carboxylic acids is 1. The van der Waals surface area contributed by atoms with Gasteiger partial charge in [-0.3, -0.25) is 4.98 Å². The van der Waals surface area contributed by atoms with Crippen LogP contribution >= 0.6 is 0 Å². The van der Waals surface area contributed by atoms with Crippen molar-refractivity contribution in [2.45, 2.75) is 20.4 Å². The van der Waals surface area contributed by atoms with Crippen molar-refractivity contribution in [3.05, 3.63) is 29.8 Å². The Bertz CT molecular complexity index is 353. The Morgan fingerprint density at radius 2 is 2.19 bits per heavy atom. The molecule has 0 atom stereocenters. The maximum Gasteiger partial charge on any atom is 0.317 e. The molecule has 16 heavy (non-hydrogen) atoms. The van der Waals surface area contributed by atoms with E-state index in [9.17, 15) is 9.18 Å². The van der Waals surface area contributed by atoms with Gasteiger partial charge in [0.2, 0.25) is 0 Å². The van der Waals surface area contributed by atoms with E-state index in [4.69, 9.17) is 0 Å². The highest BCUT2D eigenvalue weighted by atomic mass is 19.1. The zero-order valence-corrected chi connectivity index (χ0v) is 9.53. The van der Waals surface area contributed by atoms with E-state index in [1.807, 2.05) is 13.8 Å². The minimum atomic E-state index is -0.401. The number of nitrogens with zero attached hydrogens (tertiary/aromatic N) is 2. The summed E-state index contributed by atoms with van der Waals surface area (Å²) in [5.74, 6) is -0.401. The molecule has 0 aromatic carbocycles. The average Bonchev–Trinajstić information content (AvgIpc) is 2.29. The molecule has 1 aromatic heterocycles. The van der Waals surface area contributed by atoms with Crippen molar-refractivity contribution in [3.63, 3.8) is 0 Å². The molecule has 1 rings (SSSR count). The van der Waals surface area contributed by atoms with Crippen LogP contribution in [-0.4, -0.2) is 29.0 Å². The average molecular weight is 225 g/mol. The SMILES string of the molecule is CCN(CC)C(=O)NCc1ncccc1F. The van der Waals surface area contributed by atoms with E-state index in [1.54, 1.807) is 4.90 Å². The van der Waals surface area contributed by atoms with Gasteiger partial charge in [0.1, 0.15) is 5.82 Å². The fourth-order valence-corrected chi connectivity index (χ4v) is 1.33. The standard InChI is InChI=1S/C11H16FN3O/c1-3-15(4-2)11(16)14-8-10-9(12)6-5-7-13-10/h5-7H,3-4,8H2,1-2H3,(H,14,16). The maximum absolute atomic E-state index is 13.2. The summed E-state index contributed by atoms with van der Waals surface area (Å²) >= 11 is 0. The minimum absolute atomic E-state index is 0.113. The molecule has 0 radical (unpaired) electrons. The number of rotatable bonds is 4. The third-order valence-corrected chi connectivity index (χ3v) is 2.29. The molecule has 5 heteroatoms. The Morgan fingerprint density at radius 3 is 2.75 bits per heavy atom. The van der Waals surface area contributed by atoms with Gasteiger partial charge in [0.25, 0.3) is 0 Å². The molecule has 0 unspecified atom stereocenters. The van der Waals surface area contributed by atoms with Crippen LogP contribution in [0.2, 0.25) is 0 Å². The summed E-state index contributed by atoms with van der Waals surface area (Å²) in [7, 11) is 0. The van der Waals surface area contributed by atoms with Gasteiger partial charge in [-0.25, -0.2) is 9.18 Å². The number of aromatic nitrogens is 1. The van der Waals surface area contributed by atoms with Gasteiger partial charge in [-0.1, -0.05) is 0 Å². The van der Waals surface area contributed by atoms with Crippen LogP contribution in [0.5, 0.6) is 0 Å². The molecule has 0 aliphatic rings. The lowest BCUT2D eigenvalue weighted by atomic mass is 10.3. The summed E-state index contributed by atoms with van der Waals surface area (Å²) in [6, 6.07) is 2.65. The molecule has 1 heterocycles. The molecule has 0 aliphatic carbocycles. The summed E-state index contributed by atoms with van der Waals surface area (Å²) in [6.07, 6.45) is 1.50. The first-order valence-corrected chi connectivity index (χ1v) is 5.31. The molecule has 0 fully saturated rings. The normalized spacial score (nSPS) is 9.94. The van der Waals surface area contributed by atoms with Crippen LogP contribution in [0.25, 0.3) is 0 Å². The van der Waals surface area contributed by atoms with Crippen molar-refractivity contribution in [2.24, 2.45) is 0 Å². The van der Waals surface area contributed by atoms with Crippen LogP contribution in [0, 0.1) is 5.82 Å². The lowest BCUT2D eigenvalue weighted by molar-refractivity contribution is 0.202. The lowest BCUT2D eigenvalue weighted by Gasteiger charge is -2.19. The molecule has 2 amide bonds. The van der Waals surface area contributed by atoms with Crippen LogP contribution in [0.4, 0.5) is 9.18 Å². The Balaban J connectivity index is 2.52. The summed E-state index contributed by atoms with van der Waals surface area (Å²) in [6.45, 7) is 5.16. The highest BCUT2D eigenvalue weighted by molar-refractivity contribution is 5.73. The largest absolute Gasteiger partial charge is 0.332 e. The first-order valence-electron chi connectivity index (χ1n) is 5.31. The van der Waals surface area contributed by atoms with Gasteiger partial charge in [0, 0.05) is 19.3 Å². The fraction of sp³-hybridized carbons (Fsp3) is 0.455. The molecule has 0 aliphatic heterocycles. The second kappa shape index (κ2) is 6.05. The summed E-state index contributed by atoms with van der Waals surface area (Å²) in [4.78, 5) is 17.0. The van der Waals surface area contributed by atoms with E-state index < -0.39 is 5.82 Å². The predicted octanol–water partition coefficient (Wildman–Crippen LogP) is 1.77. The number of amides is 2. The molecule has 1 aromatic rings. The van der Waals surface area contributed by atoms with Crippen LogP contribution in [-0.2, 0) is 6.54 Å². The van der Waals surface area contributed by atoms with Gasteiger partial charge >= 0.3 is 6.03 Å². The lowest BCUT2D eigenvalue weighted by Crippen LogP contribution is -2.39. The van der Waals surface area contributed by atoms with Crippen molar-refractivity contribution in [1.29, 1.82) is 0 Å². The molecule has 0 saturated heterocycles. The smallest absolute Gasteiger partial charge is 0.317 e. The fourth-order valence-electron chi connectivity index (χ4n) is 1.33. The Morgan fingerprint density at radius 1 is 1.50 bits per heavy atom. The van der Waals surface area contributed by atoms with Crippen molar-refractivity contribution >= 4 is 6.03 Å². The topological polar surface area (TPSA) is 45.2 Å². The van der Waals surface area contributed by atoms with Crippen LogP contribution in [0.3, 0.4) is 0 Å².